The summed E-state index contributed by atoms with van der Waals surface area (Å²) in [4.78, 5) is 18.3. The van der Waals surface area contributed by atoms with Gasteiger partial charge in [0.25, 0.3) is 0 Å². The molecule has 3 heterocycles. The molecule has 204 valence electrons. The summed E-state index contributed by atoms with van der Waals surface area (Å²) in [5.41, 5.74) is 7.62. The van der Waals surface area contributed by atoms with Crippen LogP contribution in [-0.4, -0.2) is 41.2 Å². The zero-order valence-corrected chi connectivity index (χ0v) is 23.0. The maximum absolute atomic E-state index is 11.4. The molecule has 39 heavy (non-hydrogen) atoms. The SMILES string of the molecule is COc1cc(-c2ccc([C@@H]3CCc4ccc(CC(C)C(=O)O)cc4O3)cc2CN2CCCC3(CC3)C2)ccn1. The minimum atomic E-state index is -0.771. The lowest BCUT2D eigenvalue weighted by Crippen LogP contribution is -2.36. The molecular formula is C33H38N2O4. The van der Waals surface area contributed by atoms with Crippen molar-refractivity contribution in [3.05, 3.63) is 77.0 Å². The second-order valence-electron chi connectivity index (χ2n) is 11.8. The van der Waals surface area contributed by atoms with Crippen molar-refractivity contribution in [3.63, 3.8) is 0 Å². The van der Waals surface area contributed by atoms with Crippen molar-refractivity contribution in [2.45, 2.75) is 64.5 Å². The Morgan fingerprint density at radius 3 is 2.85 bits per heavy atom. The van der Waals surface area contributed by atoms with Gasteiger partial charge in [-0.3, -0.25) is 9.69 Å². The number of piperidine rings is 1. The van der Waals surface area contributed by atoms with Crippen LogP contribution in [-0.2, 0) is 24.2 Å². The lowest BCUT2D eigenvalue weighted by molar-refractivity contribution is -0.141. The molecule has 1 N–H and O–H groups in total. The first-order valence-electron chi connectivity index (χ1n) is 14.3. The molecule has 0 amide bonds. The van der Waals surface area contributed by atoms with Crippen LogP contribution in [0.25, 0.3) is 11.1 Å². The fraction of sp³-hybridized carbons (Fsp3) is 0.455. The summed E-state index contributed by atoms with van der Waals surface area (Å²) in [5.74, 6) is 0.316. The molecule has 1 saturated carbocycles. The number of carboxylic acid groups (broad SMARTS) is 1. The summed E-state index contributed by atoms with van der Waals surface area (Å²) in [6.07, 6.45) is 9.57. The Balaban J connectivity index is 1.28. The topological polar surface area (TPSA) is 71.9 Å². The number of rotatable bonds is 8. The van der Waals surface area contributed by atoms with Gasteiger partial charge in [0.05, 0.1) is 13.0 Å². The summed E-state index contributed by atoms with van der Waals surface area (Å²) in [5, 5.41) is 9.34. The third kappa shape index (κ3) is 5.67. The zero-order valence-electron chi connectivity index (χ0n) is 23.0. The maximum Gasteiger partial charge on any atom is 0.306 e. The molecule has 3 aromatic rings. The predicted octanol–water partition coefficient (Wildman–Crippen LogP) is 6.46. The highest BCUT2D eigenvalue weighted by molar-refractivity contribution is 5.70. The average Bonchev–Trinajstić information content (AvgIpc) is 3.70. The quantitative estimate of drug-likeness (QED) is 0.363. The van der Waals surface area contributed by atoms with Crippen molar-refractivity contribution < 1.29 is 19.4 Å². The minimum absolute atomic E-state index is 0.0273. The number of hydrogen-bond donors (Lipinski definition) is 1. The highest BCUT2D eigenvalue weighted by Crippen LogP contribution is 2.52. The number of hydrogen-bond acceptors (Lipinski definition) is 5. The van der Waals surface area contributed by atoms with Gasteiger partial charge in [-0.2, -0.15) is 0 Å². The molecule has 6 nitrogen and oxygen atoms in total. The number of ether oxygens (including phenoxy) is 2. The second kappa shape index (κ2) is 10.6. The van der Waals surface area contributed by atoms with E-state index in [1.165, 1.54) is 54.5 Å². The van der Waals surface area contributed by atoms with Crippen LogP contribution in [0, 0.1) is 11.3 Å². The van der Waals surface area contributed by atoms with E-state index in [2.05, 4.69) is 40.2 Å². The van der Waals surface area contributed by atoms with Crippen LogP contribution in [0.2, 0.25) is 0 Å². The third-order valence-corrected chi connectivity index (χ3v) is 8.89. The van der Waals surface area contributed by atoms with Gasteiger partial charge in [0.1, 0.15) is 11.9 Å². The molecule has 0 radical (unpaired) electrons. The lowest BCUT2D eigenvalue weighted by Gasteiger charge is -2.34. The van der Waals surface area contributed by atoms with E-state index < -0.39 is 11.9 Å². The van der Waals surface area contributed by atoms with E-state index >= 15 is 0 Å². The maximum atomic E-state index is 11.4. The van der Waals surface area contributed by atoms with Crippen molar-refractivity contribution in [3.8, 4) is 22.8 Å². The first kappa shape index (κ1) is 25.9. The van der Waals surface area contributed by atoms with Crippen LogP contribution in [0.15, 0.2) is 54.7 Å². The summed E-state index contributed by atoms with van der Waals surface area (Å²) >= 11 is 0. The fourth-order valence-corrected chi connectivity index (χ4v) is 6.40. The largest absolute Gasteiger partial charge is 0.485 e. The van der Waals surface area contributed by atoms with Gasteiger partial charge in [-0.1, -0.05) is 37.3 Å². The van der Waals surface area contributed by atoms with E-state index in [4.69, 9.17) is 9.47 Å². The van der Waals surface area contributed by atoms with E-state index in [1.54, 1.807) is 14.0 Å². The first-order valence-corrected chi connectivity index (χ1v) is 14.3. The smallest absolute Gasteiger partial charge is 0.306 e. The number of carboxylic acids is 1. The number of aromatic nitrogens is 1. The average molecular weight is 527 g/mol. The van der Waals surface area contributed by atoms with Gasteiger partial charge in [0.2, 0.25) is 5.88 Å². The molecular weight excluding hydrogens is 488 g/mol. The molecule has 6 heteroatoms. The normalized spacial score (nSPS) is 20.6. The van der Waals surface area contributed by atoms with Gasteiger partial charge < -0.3 is 14.6 Å². The summed E-state index contributed by atoms with van der Waals surface area (Å²) in [6, 6.07) is 17.1. The van der Waals surface area contributed by atoms with Gasteiger partial charge in [0.15, 0.2) is 0 Å². The Labute approximate surface area is 231 Å². The number of aryl methyl sites for hydroxylation is 1. The van der Waals surface area contributed by atoms with E-state index in [-0.39, 0.29) is 6.10 Å². The number of pyridine rings is 1. The number of carbonyl (C=O) groups is 1. The number of benzene rings is 2. The number of aliphatic carboxylic acids is 1. The predicted molar refractivity (Wildman–Crippen MR) is 151 cm³/mol. The molecule has 3 aliphatic rings. The highest BCUT2D eigenvalue weighted by atomic mass is 16.5. The Hall–Kier alpha value is -3.38. The van der Waals surface area contributed by atoms with Crippen molar-refractivity contribution in [1.82, 2.24) is 9.88 Å². The number of fused-ring (bicyclic) bond motifs is 1. The highest BCUT2D eigenvalue weighted by Gasteiger charge is 2.45. The molecule has 2 aliphatic heterocycles. The summed E-state index contributed by atoms with van der Waals surface area (Å²) in [6.45, 7) is 5.02. The molecule has 6 rings (SSSR count). The standard InChI is InChI=1S/C33H38N2O4/c1-22(32(36)37)16-23-4-5-24-7-9-29(39-30(24)17-23)26-6-8-28(25-10-14-34-31(19-25)38-2)27(18-26)20-35-15-3-11-33(21-35)12-13-33/h4-6,8,10,14,17-19,22,29H,3,7,9,11-13,15-16,20-21H2,1-2H3,(H,36,37)/t22?,29-/m0/s1. The van der Waals surface area contributed by atoms with Gasteiger partial charge >= 0.3 is 5.97 Å². The molecule has 2 fully saturated rings. The molecule has 2 aromatic carbocycles. The van der Waals surface area contributed by atoms with Crippen molar-refractivity contribution in [2.75, 3.05) is 20.2 Å². The molecule has 1 spiro atoms. The molecule has 2 atom stereocenters. The van der Waals surface area contributed by atoms with Gasteiger partial charge in [-0.05, 0) is 102 Å². The van der Waals surface area contributed by atoms with Crippen LogP contribution < -0.4 is 9.47 Å². The Morgan fingerprint density at radius 1 is 1.18 bits per heavy atom. The van der Waals surface area contributed by atoms with E-state index in [1.807, 2.05) is 24.4 Å². The molecule has 0 bridgehead atoms. The summed E-state index contributed by atoms with van der Waals surface area (Å²) < 4.78 is 12.0. The van der Waals surface area contributed by atoms with E-state index in [0.29, 0.717) is 17.7 Å². The van der Waals surface area contributed by atoms with Gasteiger partial charge in [-0.15, -0.1) is 0 Å². The first-order chi connectivity index (χ1) is 18.9. The van der Waals surface area contributed by atoms with Crippen LogP contribution >= 0.6 is 0 Å². The summed E-state index contributed by atoms with van der Waals surface area (Å²) in [7, 11) is 1.66. The zero-order chi connectivity index (χ0) is 27.0. The van der Waals surface area contributed by atoms with Crippen LogP contribution in [0.3, 0.4) is 0 Å². The van der Waals surface area contributed by atoms with Gasteiger partial charge in [0, 0.05) is 25.4 Å². The Kier molecular flexibility index (Phi) is 7.06. The van der Waals surface area contributed by atoms with Crippen LogP contribution in [0.5, 0.6) is 11.6 Å². The van der Waals surface area contributed by atoms with Crippen LogP contribution in [0.1, 0.15) is 67.4 Å². The molecule has 1 aliphatic carbocycles. The van der Waals surface area contributed by atoms with E-state index in [0.717, 1.165) is 42.8 Å². The lowest BCUT2D eigenvalue weighted by atomic mass is 9.90. The second-order valence-corrected chi connectivity index (χ2v) is 11.8. The van der Waals surface area contributed by atoms with Crippen molar-refractivity contribution >= 4 is 5.97 Å². The number of nitrogens with zero attached hydrogens (tertiary/aromatic N) is 2. The van der Waals surface area contributed by atoms with Crippen molar-refractivity contribution in [1.29, 1.82) is 0 Å². The minimum Gasteiger partial charge on any atom is -0.485 e. The Morgan fingerprint density at radius 2 is 2.05 bits per heavy atom. The monoisotopic (exact) mass is 526 g/mol. The molecule has 1 saturated heterocycles. The van der Waals surface area contributed by atoms with Crippen molar-refractivity contribution in [2.24, 2.45) is 11.3 Å². The van der Waals surface area contributed by atoms with Crippen LogP contribution in [0.4, 0.5) is 0 Å². The Bertz CT molecular complexity index is 1370. The number of likely N-dealkylation sites (tertiary alicyclic amines) is 1. The van der Waals surface area contributed by atoms with E-state index in [9.17, 15) is 9.90 Å². The third-order valence-electron chi connectivity index (χ3n) is 8.89. The molecule has 1 aromatic heterocycles. The number of methoxy groups -OCH3 is 1. The van der Waals surface area contributed by atoms with Gasteiger partial charge in [-0.25, -0.2) is 4.98 Å². The fourth-order valence-electron chi connectivity index (χ4n) is 6.40. The molecule has 1 unspecified atom stereocenters.